The molecule has 0 saturated carbocycles. The van der Waals surface area contributed by atoms with E-state index in [1.54, 1.807) is 18.4 Å². The molecule has 0 aliphatic carbocycles. The Morgan fingerprint density at radius 1 is 0.912 bits per heavy atom. The topological polar surface area (TPSA) is 63.0 Å². The molecular weight excluding hydrogens is 446 g/mol. The van der Waals surface area contributed by atoms with E-state index in [-0.39, 0.29) is 5.56 Å². The van der Waals surface area contributed by atoms with Crippen LogP contribution in [0.3, 0.4) is 0 Å². The molecular formula is C26H25N5O2S. The predicted molar refractivity (Wildman–Crippen MR) is 139 cm³/mol. The molecule has 1 aliphatic rings. The lowest BCUT2D eigenvalue weighted by atomic mass is 10.1. The summed E-state index contributed by atoms with van der Waals surface area (Å²) in [6.45, 7) is 7.40. The van der Waals surface area contributed by atoms with Crippen molar-refractivity contribution >= 4 is 49.5 Å². The third-order valence-electron chi connectivity index (χ3n) is 6.80. The minimum absolute atomic E-state index is 0.0919. The SMILES string of the molecule is COc1ccc(N2CCN(c3nn4c(=O)c5c(C)c(C)sc5nc4c4ccccc34)CC2)cc1. The Labute approximate surface area is 200 Å². The van der Waals surface area contributed by atoms with E-state index in [4.69, 9.17) is 14.8 Å². The van der Waals surface area contributed by atoms with Crippen LogP contribution < -0.4 is 20.1 Å². The van der Waals surface area contributed by atoms with Crippen molar-refractivity contribution in [3.05, 3.63) is 69.3 Å². The Hall–Kier alpha value is -3.65. The normalized spacial score (nSPS) is 14.4. The van der Waals surface area contributed by atoms with E-state index in [1.807, 2.05) is 44.2 Å². The Kier molecular flexibility index (Phi) is 4.91. The maximum atomic E-state index is 13.5. The quantitative estimate of drug-likeness (QED) is 0.363. The van der Waals surface area contributed by atoms with Crippen molar-refractivity contribution in [2.45, 2.75) is 13.8 Å². The Morgan fingerprint density at radius 2 is 1.59 bits per heavy atom. The lowest BCUT2D eigenvalue weighted by Gasteiger charge is -2.37. The highest BCUT2D eigenvalue weighted by Gasteiger charge is 2.23. The molecule has 0 atom stereocenters. The zero-order valence-electron chi connectivity index (χ0n) is 19.4. The van der Waals surface area contributed by atoms with E-state index in [9.17, 15) is 4.79 Å². The van der Waals surface area contributed by atoms with E-state index < -0.39 is 0 Å². The molecule has 0 amide bonds. The zero-order valence-corrected chi connectivity index (χ0v) is 20.2. The van der Waals surface area contributed by atoms with Crippen LogP contribution in [0.5, 0.6) is 5.75 Å². The molecule has 7 nitrogen and oxygen atoms in total. The van der Waals surface area contributed by atoms with Crippen LogP contribution >= 0.6 is 11.3 Å². The number of methoxy groups -OCH3 is 1. The molecule has 172 valence electrons. The molecule has 0 bridgehead atoms. The predicted octanol–water partition coefficient (Wildman–Crippen LogP) is 4.41. The van der Waals surface area contributed by atoms with Crippen molar-refractivity contribution in [3.8, 4) is 5.75 Å². The third-order valence-corrected chi connectivity index (χ3v) is 7.90. The van der Waals surface area contributed by atoms with Crippen LogP contribution in [-0.2, 0) is 0 Å². The maximum absolute atomic E-state index is 13.5. The summed E-state index contributed by atoms with van der Waals surface area (Å²) in [7, 11) is 1.68. The second-order valence-corrected chi connectivity index (χ2v) is 9.86. The number of hydrogen-bond acceptors (Lipinski definition) is 7. The van der Waals surface area contributed by atoms with Crippen molar-refractivity contribution in [2.75, 3.05) is 43.1 Å². The van der Waals surface area contributed by atoms with Crippen molar-refractivity contribution in [2.24, 2.45) is 0 Å². The highest BCUT2D eigenvalue weighted by molar-refractivity contribution is 7.18. The summed E-state index contributed by atoms with van der Waals surface area (Å²) in [4.78, 5) is 25.0. The van der Waals surface area contributed by atoms with Crippen LogP contribution in [0.4, 0.5) is 11.5 Å². The molecule has 1 aliphatic heterocycles. The van der Waals surface area contributed by atoms with Gasteiger partial charge in [0.1, 0.15) is 10.6 Å². The summed E-state index contributed by atoms with van der Waals surface area (Å²) in [5, 5.41) is 7.54. The van der Waals surface area contributed by atoms with E-state index in [0.29, 0.717) is 11.0 Å². The molecule has 0 spiro atoms. The van der Waals surface area contributed by atoms with Crippen molar-refractivity contribution < 1.29 is 4.74 Å². The number of rotatable bonds is 3. The molecule has 6 rings (SSSR count). The zero-order chi connectivity index (χ0) is 23.4. The van der Waals surface area contributed by atoms with Crippen molar-refractivity contribution in [1.82, 2.24) is 14.6 Å². The summed E-state index contributed by atoms with van der Waals surface area (Å²) < 4.78 is 6.79. The van der Waals surface area contributed by atoms with Crippen LogP contribution in [0.25, 0.3) is 26.6 Å². The molecule has 1 saturated heterocycles. The van der Waals surface area contributed by atoms with Crippen molar-refractivity contribution in [3.63, 3.8) is 0 Å². The molecule has 0 N–H and O–H groups in total. The summed E-state index contributed by atoms with van der Waals surface area (Å²) in [5.74, 6) is 1.70. The molecule has 34 heavy (non-hydrogen) atoms. The first kappa shape index (κ1) is 20.9. The van der Waals surface area contributed by atoms with E-state index in [0.717, 1.165) is 63.8 Å². The smallest absolute Gasteiger partial charge is 0.283 e. The summed E-state index contributed by atoms with van der Waals surface area (Å²) in [6, 6.07) is 16.3. The number of ether oxygens (including phenoxy) is 1. The van der Waals surface area contributed by atoms with Gasteiger partial charge in [0.05, 0.1) is 12.5 Å². The summed E-state index contributed by atoms with van der Waals surface area (Å²) in [6.07, 6.45) is 0. The van der Waals surface area contributed by atoms with Gasteiger partial charge in [-0.15, -0.1) is 16.4 Å². The molecule has 4 heterocycles. The number of fused-ring (bicyclic) bond motifs is 4. The van der Waals surface area contributed by atoms with Crippen molar-refractivity contribution in [1.29, 1.82) is 0 Å². The van der Waals surface area contributed by atoms with Gasteiger partial charge in [0, 0.05) is 47.5 Å². The van der Waals surface area contributed by atoms with Crippen LogP contribution in [0.2, 0.25) is 0 Å². The molecule has 0 unspecified atom stereocenters. The number of thiophene rings is 1. The first-order valence-electron chi connectivity index (χ1n) is 11.4. The molecule has 8 heteroatoms. The van der Waals surface area contributed by atoms with Gasteiger partial charge in [0.15, 0.2) is 11.5 Å². The van der Waals surface area contributed by atoms with E-state index in [2.05, 4.69) is 28.0 Å². The Balaban J connectivity index is 1.43. The highest BCUT2D eigenvalue weighted by Crippen LogP contribution is 2.31. The number of anilines is 2. The van der Waals surface area contributed by atoms with E-state index in [1.165, 1.54) is 10.2 Å². The molecule has 1 fully saturated rings. The maximum Gasteiger partial charge on any atom is 0.283 e. The summed E-state index contributed by atoms with van der Waals surface area (Å²) >= 11 is 1.57. The number of hydrogen-bond donors (Lipinski definition) is 0. The minimum Gasteiger partial charge on any atom is -0.497 e. The van der Waals surface area contributed by atoms with Crippen LogP contribution in [0.15, 0.2) is 53.3 Å². The molecule has 5 aromatic rings. The average molecular weight is 472 g/mol. The fourth-order valence-electron chi connectivity index (χ4n) is 4.78. The number of aryl methyl sites for hydroxylation is 2. The van der Waals surface area contributed by atoms with Gasteiger partial charge in [-0.25, -0.2) is 4.98 Å². The number of benzene rings is 2. The van der Waals surface area contributed by atoms with Gasteiger partial charge in [-0.05, 0) is 43.7 Å². The first-order chi connectivity index (χ1) is 16.5. The Bertz CT molecular complexity index is 1600. The largest absolute Gasteiger partial charge is 0.497 e. The number of nitrogens with zero attached hydrogens (tertiary/aromatic N) is 5. The van der Waals surface area contributed by atoms with Gasteiger partial charge in [-0.1, -0.05) is 24.3 Å². The monoisotopic (exact) mass is 471 g/mol. The third kappa shape index (κ3) is 3.20. The standard InChI is InChI=1S/C26H25N5O2S/c1-16-17(2)34-25-22(16)26(32)31-23(27-25)20-6-4-5-7-21(20)24(28-31)30-14-12-29(13-15-30)18-8-10-19(33-3)11-9-18/h4-11H,12-15H2,1-3H3. The summed E-state index contributed by atoms with van der Waals surface area (Å²) in [5.41, 5.74) is 2.71. The average Bonchev–Trinajstić information content (AvgIpc) is 3.17. The number of aromatic nitrogens is 3. The second-order valence-electron chi connectivity index (χ2n) is 8.66. The van der Waals surface area contributed by atoms with Crippen LogP contribution in [0, 0.1) is 13.8 Å². The van der Waals surface area contributed by atoms with Gasteiger partial charge in [0.25, 0.3) is 5.56 Å². The first-order valence-corrected chi connectivity index (χ1v) is 12.2. The molecule has 3 aromatic heterocycles. The van der Waals surface area contributed by atoms with Crippen LogP contribution in [0.1, 0.15) is 10.4 Å². The van der Waals surface area contributed by atoms with Gasteiger partial charge in [-0.3, -0.25) is 4.79 Å². The van der Waals surface area contributed by atoms with Gasteiger partial charge >= 0.3 is 0 Å². The van der Waals surface area contributed by atoms with Crippen LogP contribution in [-0.4, -0.2) is 47.9 Å². The number of piperazine rings is 1. The minimum atomic E-state index is -0.0919. The van der Waals surface area contributed by atoms with Gasteiger partial charge in [0.2, 0.25) is 0 Å². The fourth-order valence-corrected chi connectivity index (χ4v) is 5.80. The van der Waals surface area contributed by atoms with Gasteiger partial charge in [-0.2, -0.15) is 4.52 Å². The Morgan fingerprint density at radius 3 is 2.29 bits per heavy atom. The second kappa shape index (κ2) is 7.99. The highest BCUT2D eigenvalue weighted by atomic mass is 32.1. The van der Waals surface area contributed by atoms with Gasteiger partial charge < -0.3 is 14.5 Å². The molecule has 0 radical (unpaired) electrons. The van der Waals surface area contributed by atoms with E-state index >= 15 is 0 Å². The molecule has 2 aromatic carbocycles. The fraction of sp³-hybridized carbons (Fsp3) is 0.269. The lowest BCUT2D eigenvalue weighted by Crippen LogP contribution is -2.47. The lowest BCUT2D eigenvalue weighted by molar-refractivity contribution is 0.415.